The first kappa shape index (κ1) is 17.5. The van der Waals surface area contributed by atoms with Crippen LogP contribution in [0.2, 0.25) is 0 Å². The highest BCUT2D eigenvalue weighted by Crippen LogP contribution is 2.28. The average Bonchev–Trinajstić information content (AvgIpc) is 2.52. The number of hydrogen-bond donors (Lipinski definition) is 0. The van der Waals surface area contributed by atoms with Crippen LogP contribution in [-0.4, -0.2) is 36.2 Å². The van der Waals surface area contributed by atoms with Gasteiger partial charge in [0.1, 0.15) is 11.6 Å². The maximum atomic E-state index is 5.44. The van der Waals surface area contributed by atoms with Gasteiger partial charge in [0.15, 0.2) is 5.16 Å². The fourth-order valence-corrected chi connectivity index (χ4v) is 2.86. The first-order chi connectivity index (χ1) is 10.9. The Morgan fingerprint density at radius 2 is 1.91 bits per heavy atom. The summed E-state index contributed by atoms with van der Waals surface area (Å²) in [6.07, 6.45) is 0. The van der Waals surface area contributed by atoms with Crippen LogP contribution in [0, 0.1) is 6.92 Å². The largest absolute Gasteiger partial charge is 0.496 e. The van der Waals surface area contributed by atoms with E-state index in [-0.39, 0.29) is 5.92 Å². The summed E-state index contributed by atoms with van der Waals surface area (Å²) in [6, 6.07) is 6.20. The van der Waals surface area contributed by atoms with Crippen molar-refractivity contribution in [3.63, 3.8) is 0 Å². The highest BCUT2D eigenvalue weighted by atomic mass is 32.2. The predicted octanol–water partition coefficient (Wildman–Crippen LogP) is 3.67. The number of aryl methyl sites for hydroxylation is 1. The van der Waals surface area contributed by atoms with Gasteiger partial charge in [0.05, 0.1) is 7.11 Å². The minimum Gasteiger partial charge on any atom is -0.496 e. The molecule has 0 radical (unpaired) electrons. The van der Waals surface area contributed by atoms with Crippen molar-refractivity contribution in [1.29, 1.82) is 0 Å². The minimum atomic E-state index is 0.268. The van der Waals surface area contributed by atoms with Gasteiger partial charge in [-0.25, -0.2) is 4.98 Å². The Bertz CT molecular complexity index is 647. The van der Waals surface area contributed by atoms with Crippen molar-refractivity contribution in [2.45, 2.75) is 37.6 Å². The van der Waals surface area contributed by atoms with E-state index in [2.05, 4.69) is 47.9 Å². The zero-order chi connectivity index (χ0) is 17.0. The van der Waals surface area contributed by atoms with E-state index in [9.17, 15) is 0 Å². The summed E-state index contributed by atoms with van der Waals surface area (Å²) >= 11 is 1.61. The van der Waals surface area contributed by atoms with Gasteiger partial charge in [-0.1, -0.05) is 43.3 Å². The van der Waals surface area contributed by atoms with E-state index in [0.29, 0.717) is 5.95 Å². The maximum absolute atomic E-state index is 5.44. The van der Waals surface area contributed by atoms with Gasteiger partial charge < -0.3 is 9.64 Å². The molecule has 0 amide bonds. The fraction of sp³-hybridized carbons (Fsp3) is 0.471. The van der Waals surface area contributed by atoms with Gasteiger partial charge >= 0.3 is 0 Å². The Morgan fingerprint density at radius 3 is 2.52 bits per heavy atom. The number of methoxy groups -OCH3 is 1. The topological polar surface area (TPSA) is 51.1 Å². The van der Waals surface area contributed by atoms with Crippen LogP contribution >= 0.6 is 11.8 Å². The standard InChI is InChI=1S/C17H24N4OS/c1-11(2)15-18-16(21(4)5)20-17(19-15)23-10-13-9-12(3)7-8-14(13)22-6/h7-9,11H,10H2,1-6H3. The lowest BCUT2D eigenvalue weighted by Gasteiger charge is -2.14. The molecule has 0 spiro atoms. The molecule has 1 aromatic carbocycles. The number of nitrogens with zero attached hydrogens (tertiary/aromatic N) is 4. The molecule has 0 aliphatic heterocycles. The average molecular weight is 332 g/mol. The molecule has 0 saturated carbocycles. The Kier molecular flexibility index (Phi) is 5.82. The van der Waals surface area contributed by atoms with Crippen molar-refractivity contribution < 1.29 is 4.74 Å². The third-order valence-electron chi connectivity index (χ3n) is 3.33. The van der Waals surface area contributed by atoms with Crippen LogP contribution in [0.3, 0.4) is 0 Å². The molecule has 124 valence electrons. The predicted molar refractivity (Wildman–Crippen MR) is 95.5 cm³/mol. The van der Waals surface area contributed by atoms with E-state index in [4.69, 9.17) is 4.74 Å². The summed E-state index contributed by atoms with van der Waals surface area (Å²) in [5, 5.41) is 0.746. The van der Waals surface area contributed by atoms with Gasteiger partial charge in [-0.05, 0) is 13.0 Å². The summed E-state index contributed by atoms with van der Waals surface area (Å²) in [4.78, 5) is 15.5. The van der Waals surface area contributed by atoms with Gasteiger partial charge in [-0.15, -0.1) is 0 Å². The van der Waals surface area contributed by atoms with Crippen LogP contribution in [-0.2, 0) is 5.75 Å². The van der Waals surface area contributed by atoms with Gasteiger partial charge in [0.2, 0.25) is 5.95 Å². The summed E-state index contributed by atoms with van der Waals surface area (Å²) in [6.45, 7) is 6.26. The van der Waals surface area contributed by atoms with Gasteiger partial charge in [-0.3, -0.25) is 0 Å². The van der Waals surface area contributed by atoms with Gasteiger partial charge in [-0.2, -0.15) is 9.97 Å². The second-order valence-electron chi connectivity index (χ2n) is 5.93. The van der Waals surface area contributed by atoms with E-state index in [1.165, 1.54) is 5.56 Å². The first-order valence-electron chi connectivity index (χ1n) is 7.60. The Hall–Kier alpha value is -1.82. The smallest absolute Gasteiger partial charge is 0.229 e. The van der Waals surface area contributed by atoms with Crippen LogP contribution in [0.15, 0.2) is 23.4 Å². The lowest BCUT2D eigenvalue weighted by molar-refractivity contribution is 0.411. The Labute approximate surface area is 142 Å². The fourth-order valence-electron chi connectivity index (χ4n) is 2.05. The molecule has 0 aliphatic carbocycles. The van der Waals surface area contributed by atoms with Crippen LogP contribution in [0.4, 0.5) is 5.95 Å². The molecule has 2 rings (SSSR count). The normalized spacial score (nSPS) is 10.9. The molecule has 0 bridgehead atoms. The third kappa shape index (κ3) is 4.58. The molecule has 0 N–H and O–H groups in total. The highest BCUT2D eigenvalue weighted by molar-refractivity contribution is 7.98. The maximum Gasteiger partial charge on any atom is 0.229 e. The van der Waals surface area contributed by atoms with Crippen molar-refractivity contribution >= 4 is 17.7 Å². The molecule has 0 saturated heterocycles. The number of hydrogen-bond acceptors (Lipinski definition) is 6. The van der Waals surface area contributed by atoms with Crippen LogP contribution in [0.5, 0.6) is 5.75 Å². The first-order valence-corrected chi connectivity index (χ1v) is 8.59. The molecule has 23 heavy (non-hydrogen) atoms. The number of anilines is 1. The summed E-state index contributed by atoms with van der Waals surface area (Å²) in [5.74, 6) is 3.45. The molecular weight excluding hydrogens is 308 g/mol. The Balaban J connectivity index is 2.25. The van der Waals surface area contributed by atoms with E-state index in [0.717, 1.165) is 28.0 Å². The van der Waals surface area contributed by atoms with Gasteiger partial charge in [0, 0.05) is 31.3 Å². The molecule has 0 aliphatic rings. The molecule has 0 atom stereocenters. The monoisotopic (exact) mass is 332 g/mol. The second-order valence-corrected chi connectivity index (χ2v) is 6.87. The quantitative estimate of drug-likeness (QED) is 0.752. The van der Waals surface area contributed by atoms with Gasteiger partial charge in [0.25, 0.3) is 0 Å². The molecule has 1 aromatic heterocycles. The molecule has 2 aromatic rings. The summed E-state index contributed by atoms with van der Waals surface area (Å²) < 4.78 is 5.44. The molecule has 0 unspecified atom stereocenters. The highest BCUT2D eigenvalue weighted by Gasteiger charge is 2.12. The third-order valence-corrected chi connectivity index (χ3v) is 4.23. The van der Waals surface area contributed by atoms with E-state index >= 15 is 0 Å². The van der Waals surface area contributed by atoms with Crippen LogP contribution in [0.25, 0.3) is 0 Å². The Morgan fingerprint density at radius 1 is 1.17 bits per heavy atom. The summed E-state index contributed by atoms with van der Waals surface area (Å²) in [7, 11) is 5.58. The van der Waals surface area contributed by atoms with E-state index in [1.54, 1.807) is 18.9 Å². The van der Waals surface area contributed by atoms with Crippen molar-refractivity contribution in [2.24, 2.45) is 0 Å². The van der Waals surface area contributed by atoms with Crippen molar-refractivity contribution in [2.75, 3.05) is 26.1 Å². The SMILES string of the molecule is COc1ccc(C)cc1CSc1nc(C(C)C)nc(N(C)C)n1. The van der Waals surface area contributed by atoms with Crippen molar-refractivity contribution in [3.8, 4) is 5.75 Å². The molecule has 1 heterocycles. The number of rotatable bonds is 6. The lowest BCUT2D eigenvalue weighted by atomic mass is 10.1. The lowest BCUT2D eigenvalue weighted by Crippen LogP contribution is -2.15. The van der Waals surface area contributed by atoms with Crippen LogP contribution < -0.4 is 9.64 Å². The van der Waals surface area contributed by atoms with E-state index in [1.807, 2.05) is 25.1 Å². The van der Waals surface area contributed by atoms with Crippen molar-refractivity contribution in [1.82, 2.24) is 15.0 Å². The number of ether oxygens (including phenoxy) is 1. The molecule has 0 fully saturated rings. The number of thioether (sulfide) groups is 1. The molecular formula is C17H24N4OS. The van der Waals surface area contributed by atoms with Crippen LogP contribution in [0.1, 0.15) is 36.7 Å². The zero-order valence-corrected chi connectivity index (χ0v) is 15.4. The molecule has 6 heteroatoms. The minimum absolute atomic E-state index is 0.268. The summed E-state index contributed by atoms with van der Waals surface area (Å²) in [5.41, 5.74) is 2.37. The number of aromatic nitrogens is 3. The van der Waals surface area contributed by atoms with E-state index < -0.39 is 0 Å². The van der Waals surface area contributed by atoms with Crippen molar-refractivity contribution in [3.05, 3.63) is 35.2 Å². The number of benzene rings is 1. The zero-order valence-electron chi connectivity index (χ0n) is 14.6. The molecule has 5 nitrogen and oxygen atoms in total. The second kappa shape index (κ2) is 7.64.